The first-order chi connectivity index (χ1) is 6.95. The Balaban J connectivity index is 2.12. The lowest BCUT2D eigenvalue weighted by atomic mass is 9.78. The van der Waals surface area contributed by atoms with Crippen molar-refractivity contribution < 1.29 is 4.74 Å². The van der Waals surface area contributed by atoms with E-state index in [-0.39, 0.29) is 11.1 Å². The molecule has 3 heteroatoms. The largest absolute Gasteiger partial charge is 0.356 e. The van der Waals surface area contributed by atoms with E-state index in [0.717, 1.165) is 18.7 Å². The number of thioether (sulfide) groups is 1. The molecule has 2 aliphatic heterocycles. The van der Waals surface area contributed by atoms with E-state index in [4.69, 9.17) is 4.74 Å². The van der Waals surface area contributed by atoms with Gasteiger partial charge in [0.1, 0.15) is 5.72 Å². The van der Waals surface area contributed by atoms with Gasteiger partial charge in [-0.1, -0.05) is 27.7 Å². The van der Waals surface area contributed by atoms with E-state index in [2.05, 4.69) is 33.0 Å². The van der Waals surface area contributed by atoms with Crippen LogP contribution in [0.1, 0.15) is 34.1 Å². The van der Waals surface area contributed by atoms with Gasteiger partial charge in [0.25, 0.3) is 0 Å². The summed E-state index contributed by atoms with van der Waals surface area (Å²) in [5.41, 5.74) is 0.252. The average Bonchev–Trinajstić information content (AvgIpc) is 2.59. The molecule has 0 amide bonds. The molecule has 0 radical (unpaired) electrons. The first-order valence-electron chi connectivity index (χ1n) is 5.96. The van der Waals surface area contributed by atoms with E-state index < -0.39 is 0 Å². The zero-order chi connectivity index (χ0) is 11.1. The number of rotatable bonds is 1. The van der Waals surface area contributed by atoms with E-state index >= 15 is 0 Å². The molecule has 0 aromatic rings. The van der Waals surface area contributed by atoms with Gasteiger partial charge in [-0.2, -0.15) is 11.8 Å². The van der Waals surface area contributed by atoms with Crippen molar-refractivity contribution in [1.82, 2.24) is 5.32 Å². The van der Waals surface area contributed by atoms with Crippen molar-refractivity contribution in [1.29, 1.82) is 0 Å². The minimum absolute atomic E-state index is 0.00484. The fourth-order valence-corrected chi connectivity index (χ4v) is 4.01. The second kappa shape index (κ2) is 3.94. The quantitative estimate of drug-likeness (QED) is 0.746. The van der Waals surface area contributed by atoms with Gasteiger partial charge in [0.15, 0.2) is 0 Å². The number of hydrogen-bond donors (Lipinski definition) is 1. The molecule has 2 nitrogen and oxygen atoms in total. The molecule has 2 fully saturated rings. The third-order valence-corrected chi connectivity index (χ3v) is 4.74. The van der Waals surface area contributed by atoms with E-state index in [1.165, 1.54) is 5.75 Å². The SMILES string of the molecule is CC(C)C1OC2(CCSC2)NCC1(C)C. The number of nitrogens with one attached hydrogen (secondary N) is 1. The van der Waals surface area contributed by atoms with Gasteiger partial charge in [-0.3, -0.25) is 5.32 Å². The van der Waals surface area contributed by atoms with Crippen LogP contribution in [0, 0.1) is 11.3 Å². The molecule has 2 rings (SSSR count). The topological polar surface area (TPSA) is 21.3 Å². The fourth-order valence-electron chi connectivity index (χ4n) is 2.75. The van der Waals surface area contributed by atoms with Crippen LogP contribution in [0.25, 0.3) is 0 Å². The Morgan fingerprint density at radius 2 is 2.13 bits per heavy atom. The van der Waals surface area contributed by atoms with Crippen molar-refractivity contribution in [2.75, 3.05) is 18.1 Å². The lowest BCUT2D eigenvalue weighted by molar-refractivity contribution is -0.191. The highest BCUT2D eigenvalue weighted by Gasteiger charge is 2.47. The average molecular weight is 229 g/mol. The van der Waals surface area contributed by atoms with Crippen molar-refractivity contribution in [2.24, 2.45) is 11.3 Å². The second-order valence-corrected chi connectivity index (χ2v) is 7.03. The molecule has 2 heterocycles. The Morgan fingerprint density at radius 1 is 1.40 bits per heavy atom. The summed E-state index contributed by atoms with van der Waals surface area (Å²) in [6, 6.07) is 0. The zero-order valence-corrected chi connectivity index (χ0v) is 11.1. The van der Waals surface area contributed by atoms with Gasteiger partial charge < -0.3 is 4.74 Å². The number of hydrogen-bond acceptors (Lipinski definition) is 3. The van der Waals surface area contributed by atoms with Crippen LogP contribution in [-0.2, 0) is 4.74 Å². The molecule has 2 saturated heterocycles. The Bertz CT molecular complexity index is 234. The van der Waals surface area contributed by atoms with E-state index in [0.29, 0.717) is 12.0 Å². The Labute approximate surface area is 97.5 Å². The molecule has 0 aromatic carbocycles. The summed E-state index contributed by atoms with van der Waals surface area (Å²) in [6.45, 7) is 10.2. The second-order valence-electron chi connectivity index (χ2n) is 5.92. The third-order valence-electron chi connectivity index (χ3n) is 3.58. The molecule has 2 atom stereocenters. The normalized spacial score (nSPS) is 40.2. The van der Waals surface area contributed by atoms with Crippen molar-refractivity contribution in [3.8, 4) is 0 Å². The van der Waals surface area contributed by atoms with Crippen LogP contribution in [0.2, 0.25) is 0 Å². The fraction of sp³-hybridized carbons (Fsp3) is 1.00. The van der Waals surface area contributed by atoms with Crippen LogP contribution < -0.4 is 5.32 Å². The molecule has 2 aliphatic rings. The minimum Gasteiger partial charge on any atom is -0.356 e. The zero-order valence-electron chi connectivity index (χ0n) is 10.3. The number of ether oxygens (including phenoxy) is 1. The highest BCUT2D eigenvalue weighted by molar-refractivity contribution is 7.99. The van der Waals surface area contributed by atoms with Crippen LogP contribution in [0.5, 0.6) is 0 Å². The summed E-state index contributed by atoms with van der Waals surface area (Å²) >= 11 is 2.01. The lowest BCUT2D eigenvalue weighted by Gasteiger charge is -2.49. The molecular formula is C12H23NOS. The summed E-state index contributed by atoms with van der Waals surface area (Å²) in [4.78, 5) is 0. The summed E-state index contributed by atoms with van der Waals surface area (Å²) in [6.07, 6.45) is 1.55. The van der Waals surface area contributed by atoms with Gasteiger partial charge >= 0.3 is 0 Å². The van der Waals surface area contributed by atoms with E-state index in [1.54, 1.807) is 0 Å². The van der Waals surface area contributed by atoms with Crippen molar-refractivity contribution in [2.45, 2.75) is 45.9 Å². The summed E-state index contributed by atoms with van der Waals surface area (Å²) in [5, 5.41) is 3.63. The highest BCUT2D eigenvalue weighted by atomic mass is 32.2. The third kappa shape index (κ3) is 2.20. The molecule has 88 valence electrons. The van der Waals surface area contributed by atoms with Crippen LogP contribution in [0.15, 0.2) is 0 Å². The molecular weight excluding hydrogens is 206 g/mol. The van der Waals surface area contributed by atoms with Crippen LogP contribution in [0.3, 0.4) is 0 Å². The summed E-state index contributed by atoms with van der Waals surface area (Å²) in [5.74, 6) is 2.95. The first-order valence-corrected chi connectivity index (χ1v) is 7.11. The van der Waals surface area contributed by atoms with Crippen LogP contribution >= 0.6 is 11.8 Å². The minimum atomic E-state index is -0.00484. The van der Waals surface area contributed by atoms with Gasteiger partial charge in [0, 0.05) is 17.7 Å². The Kier molecular flexibility index (Phi) is 3.08. The van der Waals surface area contributed by atoms with E-state index in [1.807, 2.05) is 11.8 Å². The monoisotopic (exact) mass is 229 g/mol. The van der Waals surface area contributed by atoms with Crippen molar-refractivity contribution in [3.05, 3.63) is 0 Å². The maximum absolute atomic E-state index is 6.38. The maximum Gasteiger partial charge on any atom is 0.129 e. The Morgan fingerprint density at radius 3 is 2.67 bits per heavy atom. The Hall–Kier alpha value is 0.270. The summed E-state index contributed by atoms with van der Waals surface area (Å²) < 4.78 is 6.38. The van der Waals surface area contributed by atoms with E-state index in [9.17, 15) is 0 Å². The van der Waals surface area contributed by atoms with Crippen molar-refractivity contribution >= 4 is 11.8 Å². The summed E-state index contributed by atoms with van der Waals surface area (Å²) in [7, 11) is 0. The molecule has 15 heavy (non-hydrogen) atoms. The predicted octanol–water partition coefficient (Wildman–Crippen LogP) is 2.49. The van der Waals surface area contributed by atoms with Gasteiger partial charge in [-0.05, 0) is 18.1 Å². The first kappa shape index (κ1) is 11.7. The van der Waals surface area contributed by atoms with Crippen LogP contribution in [-0.4, -0.2) is 29.9 Å². The van der Waals surface area contributed by atoms with Gasteiger partial charge in [0.05, 0.1) is 6.10 Å². The highest BCUT2D eigenvalue weighted by Crippen LogP contribution is 2.40. The molecule has 1 spiro atoms. The van der Waals surface area contributed by atoms with Crippen molar-refractivity contribution in [3.63, 3.8) is 0 Å². The van der Waals surface area contributed by atoms with Gasteiger partial charge in [0.2, 0.25) is 0 Å². The standard InChI is InChI=1S/C12H23NOS/c1-9(2)10-11(3,4)7-13-12(14-10)5-6-15-8-12/h9-10,13H,5-8H2,1-4H3. The van der Waals surface area contributed by atoms with Crippen LogP contribution in [0.4, 0.5) is 0 Å². The molecule has 0 bridgehead atoms. The molecule has 1 N–H and O–H groups in total. The maximum atomic E-state index is 6.38. The molecule has 0 saturated carbocycles. The molecule has 0 aromatic heterocycles. The molecule has 0 aliphatic carbocycles. The predicted molar refractivity (Wildman–Crippen MR) is 66.2 cm³/mol. The molecule has 2 unspecified atom stereocenters. The smallest absolute Gasteiger partial charge is 0.129 e. The van der Waals surface area contributed by atoms with Gasteiger partial charge in [-0.15, -0.1) is 0 Å². The van der Waals surface area contributed by atoms with Gasteiger partial charge in [-0.25, -0.2) is 0 Å². The lowest BCUT2D eigenvalue weighted by Crippen LogP contribution is -2.62.